The third-order valence-corrected chi connectivity index (χ3v) is 0.904. The van der Waals surface area contributed by atoms with Crippen molar-refractivity contribution in [2.45, 2.75) is 19.8 Å². The summed E-state index contributed by atoms with van der Waals surface area (Å²) in [6.45, 7) is 4.36. The third kappa shape index (κ3) is 5.92. The summed E-state index contributed by atoms with van der Waals surface area (Å²) in [6.07, 6.45) is 2.35. The molecule has 0 heterocycles. The number of nitrogens with two attached hydrogens (primary N) is 1. The van der Waals surface area contributed by atoms with Crippen molar-refractivity contribution in [2.24, 2.45) is 5.73 Å². The second-order valence-electron chi connectivity index (χ2n) is 1.75. The van der Waals surface area contributed by atoms with Gasteiger partial charge in [0.2, 0.25) is 0 Å². The highest BCUT2D eigenvalue weighted by Crippen LogP contribution is 1.85. The van der Waals surface area contributed by atoms with Crippen molar-refractivity contribution in [2.75, 3.05) is 19.8 Å². The zero-order valence-corrected chi connectivity index (χ0v) is 5.52. The van der Waals surface area contributed by atoms with Gasteiger partial charge >= 0.3 is 0 Å². The lowest BCUT2D eigenvalue weighted by Crippen LogP contribution is -2.08. The predicted octanol–water partition coefficient (Wildman–Crippen LogP) is 1.01. The Bertz CT molecular complexity index is 38.0. The fraction of sp³-hybridized carbons (Fsp3) is 1.00. The van der Waals surface area contributed by atoms with Crippen LogP contribution in [0.5, 0.6) is 0 Å². The first-order valence-corrected chi connectivity index (χ1v) is 3.19. The smallest absolute Gasteiger partial charge is 0.0588 e. The van der Waals surface area contributed by atoms with Crippen LogP contribution in [-0.2, 0) is 4.74 Å². The highest BCUT2D eigenvalue weighted by Gasteiger charge is 1.81. The number of rotatable bonds is 5. The van der Waals surface area contributed by atoms with Crippen LogP contribution in [0.1, 0.15) is 21.2 Å². The van der Waals surface area contributed by atoms with Gasteiger partial charge < -0.3 is 10.5 Å². The molecule has 0 spiro atoms. The van der Waals surface area contributed by atoms with E-state index in [2.05, 4.69) is 6.92 Å². The minimum atomic E-state index is 0. The zero-order chi connectivity index (χ0) is 6.24. The number of unbranched alkanes of at least 4 members (excludes halogenated alkanes) is 1. The maximum Gasteiger partial charge on any atom is 0.0588 e. The second kappa shape index (κ2) is 6.92. The highest BCUT2D eigenvalue weighted by atomic mass is 16.5. The lowest BCUT2D eigenvalue weighted by Gasteiger charge is -1.97. The number of ether oxygens (including phenoxy) is 1. The Morgan fingerprint density at radius 2 is 2.25 bits per heavy atom. The van der Waals surface area contributed by atoms with Crippen molar-refractivity contribution in [3.8, 4) is 0 Å². The standard InChI is InChI=1S/C6H15NO.H2/c1-2-3-5-8-6-4-7;/h2-7H2,1H3;1H. The molecule has 0 aromatic rings. The molecular formula is C6H17NO. The fourth-order valence-corrected chi connectivity index (χ4v) is 0.432. The molecule has 0 aliphatic heterocycles. The maximum atomic E-state index is 5.19. The lowest BCUT2D eigenvalue weighted by molar-refractivity contribution is 0.138. The normalized spacial score (nSPS) is 9.75. The summed E-state index contributed by atoms with van der Waals surface area (Å²) in [5.74, 6) is 0. The molecule has 0 fully saturated rings. The van der Waals surface area contributed by atoms with Crippen LogP contribution < -0.4 is 5.73 Å². The van der Waals surface area contributed by atoms with Crippen LogP contribution >= 0.6 is 0 Å². The molecule has 0 aromatic heterocycles. The molecule has 0 radical (unpaired) electrons. The lowest BCUT2D eigenvalue weighted by atomic mass is 10.4. The average Bonchev–Trinajstić information content (AvgIpc) is 1.81. The molecule has 0 atom stereocenters. The van der Waals surface area contributed by atoms with Gasteiger partial charge in [-0.2, -0.15) is 0 Å². The Morgan fingerprint density at radius 1 is 1.50 bits per heavy atom. The van der Waals surface area contributed by atoms with Crippen LogP contribution in [0.3, 0.4) is 0 Å². The van der Waals surface area contributed by atoms with Gasteiger partial charge in [0.05, 0.1) is 6.61 Å². The van der Waals surface area contributed by atoms with Gasteiger partial charge in [-0.15, -0.1) is 0 Å². The summed E-state index contributed by atoms with van der Waals surface area (Å²) in [7, 11) is 0. The Kier molecular flexibility index (Phi) is 6.85. The molecule has 2 heteroatoms. The first-order chi connectivity index (χ1) is 3.91. The Morgan fingerprint density at radius 3 is 2.75 bits per heavy atom. The van der Waals surface area contributed by atoms with Gasteiger partial charge in [-0.3, -0.25) is 0 Å². The molecule has 2 nitrogen and oxygen atoms in total. The second-order valence-corrected chi connectivity index (χ2v) is 1.75. The molecule has 0 rings (SSSR count). The van der Waals surface area contributed by atoms with Crippen LogP contribution in [0, 0.1) is 0 Å². The van der Waals surface area contributed by atoms with Gasteiger partial charge in [-0.25, -0.2) is 0 Å². The summed E-state index contributed by atoms with van der Waals surface area (Å²) in [5.41, 5.74) is 5.19. The summed E-state index contributed by atoms with van der Waals surface area (Å²) < 4.78 is 5.10. The summed E-state index contributed by atoms with van der Waals surface area (Å²) >= 11 is 0. The van der Waals surface area contributed by atoms with Crippen molar-refractivity contribution in [1.29, 1.82) is 0 Å². The molecule has 52 valence electrons. The molecule has 8 heavy (non-hydrogen) atoms. The van der Waals surface area contributed by atoms with E-state index in [1.54, 1.807) is 0 Å². The summed E-state index contributed by atoms with van der Waals surface area (Å²) in [4.78, 5) is 0. The molecule has 2 N–H and O–H groups in total. The maximum absolute atomic E-state index is 5.19. The van der Waals surface area contributed by atoms with E-state index in [-0.39, 0.29) is 1.43 Å². The zero-order valence-electron chi connectivity index (χ0n) is 5.52. The topological polar surface area (TPSA) is 35.2 Å². The van der Waals surface area contributed by atoms with Crippen molar-refractivity contribution in [3.63, 3.8) is 0 Å². The van der Waals surface area contributed by atoms with Gasteiger partial charge in [-0.1, -0.05) is 13.3 Å². The van der Waals surface area contributed by atoms with E-state index in [1.807, 2.05) is 0 Å². The monoisotopic (exact) mass is 119 g/mol. The van der Waals surface area contributed by atoms with Gasteiger partial charge in [-0.05, 0) is 6.42 Å². The van der Waals surface area contributed by atoms with Gasteiger partial charge in [0.25, 0.3) is 0 Å². The Balaban J connectivity index is 0. The van der Waals surface area contributed by atoms with E-state index in [1.165, 1.54) is 6.42 Å². The largest absolute Gasteiger partial charge is 0.380 e. The van der Waals surface area contributed by atoms with Crippen molar-refractivity contribution < 1.29 is 6.16 Å². The number of hydrogen-bond donors (Lipinski definition) is 1. The Hall–Kier alpha value is -0.0800. The third-order valence-electron chi connectivity index (χ3n) is 0.904. The number of hydrogen-bond acceptors (Lipinski definition) is 2. The average molecular weight is 119 g/mol. The van der Waals surface area contributed by atoms with E-state index >= 15 is 0 Å². The van der Waals surface area contributed by atoms with Crippen molar-refractivity contribution >= 4 is 0 Å². The van der Waals surface area contributed by atoms with E-state index in [4.69, 9.17) is 10.5 Å². The minimum Gasteiger partial charge on any atom is -0.380 e. The molecule has 0 amide bonds. The van der Waals surface area contributed by atoms with Gasteiger partial charge in [0.1, 0.15) is 0 Å². The van der Waals surface area contributed by atoms with Crippen LogP contribution in [0.15, 0.2) is 0 Å². The van der Waals surface area contributed by atoms with Crippen LogP contribution in [0.25, 0.3) is 0 Å². The summed E-state index contributed by atoms with van der Waals surface area (Å²) in [5, 5.41) is 0. The molecule has 0 unspecified atom stereocenters. The SMILES string of the molecule is CCCCOCCN.[HH]. The first-order valence-electron chi connectivity index (χ1n) is 3.19. The molecule has 0 aliphatic carbocycles. The quantitative estimate of drug-likeness (QED) is 0.548. The molecular weight excluding hydrogens is 102 g/mol. The summed E-state index contributed by atoms with van der Waals surface area (Å²) in [6, 6.07) is 0. The van der Waals surface area contributed by atoms with E-state index in [9.17, 15) is 0 Å². The molecule has 0 aliphatic rings. The predicted molar refractivity (Wildman–Crippen MR) is 36.9 cm³/mol. The van der Waals surface area contributed by atoms with Crippen LogP contribution in [0.4, 0.5) is 0 Å². The molecule has 0 saturated carbocycles. The van der Waals surface area contributed by atoms with Gasteiger partial charge in [0.15, 0.2) is 0 Å². The van der Waals surface area contributed by atoms with E-state index in [0.29, 0.717) is 13.2 Å². The van der Waals surface area contributed by atoms with Crippen molar-refractivity contribution in [3.05, 3.63) is 0 Å². The van der Waals surface area contributed by atoms with Crippen LogP contribution in [0.2, 0.25) is 0 Å². The first kappa shape index (κ1) is 7.92. The van der Waals surface area contributed by atoms with E-state index in [0.717, 1.165) is 13.0 Å². The van der Waals surface area contributed by atoms with E-state index < -0.39 is 0 Å². The molecule has 0 bridgehead atoms. The van der Waals surface area contributed by atoms with Gasteiger partial charge in [0, 0.05) is 14.6 Å². The Labute approximate surface area is 52.5 Å². The fourth-order valence-electron chi connectivity index (χ4n) is 0.432. The highest BCUT2D eigenvalue weighted by molar-refractivity contribution is 4.33. The van der Waals surface area contributed by atoms with Crippen molar-refractivity contribution in [1.82, 2.24) is 0 Å². The molecule has 0 aromatic carbocycles. The minimum absolute atomic E-state index is 0. The molecule has 0 saturated heterocycles. The van der Waals surface area contributed by atoms with Crippen LogP contribution in [-0.4, -0.2) is 19.8 Å².